The molecule has 0 fully saturated rings. The maximum absolute atomic E-state index is 13.1. The van der Waals surface area contributed by atoms with Gasteiger partial charge >= 0.3 is 0 Å². The number of hydrogen-bond acceptors (Lipinski definition) is 3. The Morgan fingerprint density at radius 3 is 1.29 bits per heavy atom. The van der Waals surface area contributed by atoms with Crippen LogP contribution in [0.4, 0.5) is 0 Å². The number of hydrogen-bond donors (Lipinski definition) is 1. The molecule has 2 atom stereocenters. The average Bonchev–Trinajstić information content (AvgIpc) is 2.25. The zero-order valence-corrected chi connectivity index (χ0v) is 13.5. The molecule has 0 heterocycles. The van der Waals surface area contributed by atoms with Gasteiger partial charge in [0.2, 0.25) is 7.37 Å². The van der Waals surface area contributed by atoms with E-state index in [-0.39, 0.29) is 0 Å². The fourth-order valence-corrected chi connectivity index (χ4v) is 5.10. The lowest BCUT2D eigenvalue weighted by Crippen LogP contribution is -2.51. The summed E-state index contributed by atoms with van der Waals surface area (Å²) in [5.74, 6) is 0. The molecule has 0 aliphatic rings. The van der Waals surface area contributed by atoms with Crippen molar-refractivity contribution in [1.82, 2.24) is 9.80 Å². The van der Waals surface area contributed by atoms with Crippen molar-refractivity contribution in [2.45, 2.75) is 51.1 Å². The van der Waals surface area contributed by atoms with Crippen molar-refractivity contribution in [2.24, 2.45) is 0 Å². The SMILES string of the molecule is CCC(C)(N(C)C)P(=O)(O)C(C)(CC)N(C)C. The van der Waals surface area contributed by atoms with Crippen molar-refractivity contribution in [1.29, 1.82) is 0 Å². The highest BCUT2D eigenvalue weighted by Crippen LogP contribution is 2.67. The molecule has 0 radical (unpaired) electrons. The van der Waals surface area contributed by atoms with Crippen molar-refractivity contribution in [3.8, 4) is 0 Å². The minimum Gasteiger partial charge on any atom is -0.342 e. The van der Waals surface area contributed by atoms with Crippen LogP contribution in [-0.2, 0) is 4.57 Å². The predicted molar refractivity (Wildman–Crippen MR) is 74.6 cm³/mol. The average molecular weight is 264 g/mol. The minimum absolute atomic E-state index is 0.650. The summed E-state index contributed by atoms with van der Waals surface area (Å²) in [7, 11) is 4.10. The van der Waals surface area contributed by atoms with Crippen molar-refractivity contribution in [3.63, 3.8) is 0 Å². The standard InChI is InChI=1S/C12H29N2O2P/c1-9-11(3,13(5)6)17(15,16)12(4,10-2)14(7)8/h9-10H2,1-8H3,(H,15,16). The monoisotopic (exact) mass is 264 g/mol. The summed E-state index contributed by atoms with van der Waals surface area (Å²) in [4.78, 5) is 14.5. The molecule has 0 bridgehead atoms. The molecule has 0 aromatic heterocycles. The van der Waals surface area contributed by atoms with Gasteiger partial charge in [-0.15, -0.1) is 0 Å². The third-order valence-electron chi connectivity index (χ3n) is 4.57. The molecule has 5 heteroatoms. The van der Waals surface area contributed by atoms with Gasteiger partial charge in [-0.1, -0.05) is 13.8 Å². The maximum atomic E-state index is 13.1. The highest BCUT2D eigenvalue weighted by molar-refractivity contribution is 7.61. The van der Waals surface area contributed by atoms with Gasteiger partial charge in [-0.25, -0.2) is 0 Å². The van der Waals surface area contributed by atoms with E-state index in [0.717, 1.165) is 0 Å². The van der Waals surface area contributed by atoms with Gasteiger partial charge < -0.3 is 4.89 Å². The largest absolute Gasteiger partial charge is 0.342 e. The van der Waals surface area contributed by atoms with Crippen molar-refractivity contribution in [2.75, 3.05) is 28.2 Å². The lowest BCUT2D eigenvalue weighted by atomic mass is 10.2. The normalized spacial score (nSPS) is 23.2. The molecular formula is C12H29N2O2P. The van der Waals surface area contributed by atoms with Gasteiger partial charge in [0.15, 0.2) is 0 Å². The molecule has 0 aliphatic carbocycles. The molecule has 0 spiro atoms. The predicted octanol–water partition coefficient (Wildman–Crippen LogP) is 2.63. The van der Waals surface area contributed by atoms with Crippen LogP contribution in [0.15, 0.2) is 0 Å². The van der Waals surface area contributed by atoms with E-state index in [4.69, 9.17) is 0 Å². The van der Waals surface area contributed by atoms with Crippen LogP contribution >= 0.6 is 7.37 Å². The summed E-state index contributed by atoms with van der Waals surface area (Å²) in [5.41, 5.74) is 0. The van der Waals surface area contributed by atoms with E-state index in [2.05, 4.69) is 0 Å². The highest BCUT2D eigenvalue weighted by Gasteiger charge is 2.55. The first-order valence-electron chi connectivity index (χ1n) is 6.19. The first kappa shape index (κ1) is 17.1. The third kappa shape index (κ3) is 2.46. The topological polar surface area (TPSA) is 43.8 Å². The summed E-state index contributed by atoms with van der Waals surface area (Å²) < 4.78 is 13.1. The Bertz CT molecular complexity index is 281. The molecule has 0 saturated carbocycles. The lowest BCUT2D eigenvalue weighted by molar-refractivity contribution is 0.176. The van der Waals surface area contributed by atoms with Crippen LogP contribution in [-0.4, -0.2) is 53.4 Å². The van der Waals surface area contributed by atoms with E-state index in [1.165, 1.54) is 0 Å². The van der Waals surface area contributed by atoms with Gasteiger partial charge in [0.05, 0.1) is 10.6 Å². The van der Waals surface area contributed by atoms with E-state index in [0.29, 0.717) is 12.8 Å². The molecule has 0 aromatic rings. The van der Waals surface area contributed by atoms with E-state index in [1.54, 1.807) is 0 Å². The van der Waals surface area contributed by atoms with Crippen LogP contribution in [0.3, 0.4) is 0 Å². The molecule has 1 N–H and O–H groups in total. The van der Waals surface area contributed by atoms with Crippen LogP contribution in [0.25, 0.3) is 0 Å². The first-order valence-corrected chi connectivity index (χ1v) is 7.85. The Labute approximate surface area is 106 Å². The summed E-state index contributed by atoms with van der Waals surface area (Å²) in [6.45, 7) is 7.69. The van der Waals surface area contributed by atoms with Crippen LogP contribution < -0.4 is 0 Å². The van der Waals surface area contributed by atoms with Gasteiger partial charge in [0.25, 0.3) is 0 Å². The molecule has 4 nitrogen and oxygen atoms in total. The van der Waals surface area contributed by atoms with Crippen LogP contribution in [0.1, 0.15) is 40.5 Å². The Balaban J connectivity index is 5.74. The fraction of sp³-hybridized carbons (Fsp3) is 1.00. The Hall–Kier alpha value is 0.110. The second kappa shape index (κ2) is 5.40. The van der Waals surface area contributed by atoms with Gasteiger partial charge in [0, 0.05) is 0 Å². The van der Waals surface area contributed by atoms with Crippen LogP contribution in [0.2, 0.25) is 0 Å². The van der Waals surface area contributed by atoms with Crippen molar-refractivity contribution in [3.05, 3.63) is 0 Å². The second-order valence-corrected chi connectivity index (χ2v) is 8.58. The molecule has 0 amide bonds. The first-order chi connectivity index (χ1) is 7.51. The quantitative estimate of drug-likeness (QED) is 0.749. The molecule has 17 heavy (non-hydrogen) atoms. The van der Waals surface area contributed by atoms with Crippen LogP contribution in [0, 0.1) is 0 Å². The fourth-order valence-electron chi connectivity index (χ4n) is 2.12. The second-order valence-electron chi connectivity index (χ2n) is 5.51. The zero-order chi connectivity index (χ0) is 14.1. The highest BCUT2D eigenvalue weighted by atomic mass is 31.2. The summed E-state index contributed by atoms with van der Waals surface area (Å²) in [6, 6.07) is 0. The molecule has 0 aliphatic heterocycles. The van der Waals surface area contributed by atoms with Crippen molar-refractivity contribution >= 4 is 7.37 Å². The Kier molecular flexibility index (Phi) is 5.43. The van der Waals surface area contributed by atoms with Gasteiger partial charge in [-0.05, 0) is 54.9 Å². The molecule has 0 rings (SSSR count). The zero-order valence-electron chi connectivity index (χ0n) is 12.6. The van der Waals surface area contributed by atoms with Crippen LogP contribution in [0.5, 0.6) is 0 Å². The minimum atomic E-state index is -3.40. The number of nitrogens with zero attached hydrogens (tertiary/aromatic N) is 2. The molecule has 0 saturated heterocycles. The van der Waals surface area contributed by atoms with Gasteiger partial charge in [-0.3, -0.25) is 14.4 Å². The van der Waals surface area contributed by atoms with Gasteiger partial charge in [-0.2, -0.15) is 0 Å². The lowest BCUT2D eigenvalue weighted by Gasteiger charge is -2.49. The Morgan fingerprint density at radius 2 is 1.18 bits per heavy atom. The summed E-state index contributed by atoms with van der Waals surface area (Å²) in [6.07, 6.45) is 1.30. The smallest absolute Gasteiger partial charge is 0.239 e. The summed E-state index contributed by atoms with van der Waals surface area (Å²) in [5, 5.41) is -1.38. The maximum Gasteiger partial charge on any atom is 0.239 e. The van der Waals surface area contributed by atoms with E-state index >= 15 is 0 Å². The van der Waals surface area contributed by atoms with Crippen molar-refractivity contribution < 1.29 is 9.46 Å². The van der Waals surface area contributed by atoms with E-state index < -0.39 is 17.9 Å². The van der Waals surface area contributed by atoms with E-state index in [1.807, 2.05) is 65.7 Å². The third-order valence-corrected chi connectivity index (χ3v) is 8.62. The molecule has 104 valence electrons. The Morgan fingerprint density at radius 1 is 0.941 bits per heavy atom. The molecule has 2 unspecified atom stereocenters. The molecular weight excluding hydrogens is 235 g/mol. The molecule has 0 aromatic carbocycles. The number of rotatable bonds is 6. The summed E-state index contributed by atoms with van der Waals surface area (Å²) >= 11 is 0. The van der Waals surface area contributed by atoms with Gasteiger partial charge in [0.1, 0.15) is 0 Å². The van der Waals surface area contributed by atoms with E-state index in [9.17, 15) is 9.46 Å².